The number of amidine groups is 1. The Kier molecular flexibility index (Phi) is 7.72. The van der Waals surface area contributed by atoms with Crippen molar-refractivity contribution in [1.82, 2.24) is 5.32 Å². The molecule has 11 nitrogen and oxygen atoms in total. The summed E-state index contributed by atoms with van der Waals surface area (Å²) >= 11 is 0. The molecule has 1 aliphatic heterocycles. The topological polar surface area (TPSA) is 178 Å². The molecule has 1 heterocycles. The number of hydrogen-bond donors (Lipinski definition) is 6. The number of aliphatic hydroxyl groups excluding tert-OH is 2. The minimum absolute atomic E-state index is 0.104. The number of carbonyl (C=O) groups is 3. The van der Waals surface area contributed by atoms with Crippen LogP contribution in [0.15, 0.2) is 48.5 Å². The van der Waals surface area contributed by atoms with Crippen LogP contribution in [-0.4, -0.2) is 72.3 Å². The molecular weight excluding hydrogens is 430 g/mol. The normalized spacial score (nSPS) is 16.7. The fourth-order valence-electron chi connectivity index (χ4n) is 3.24. The van der Waals surface area contributed by atoms with E-state index < -0.39 is 24.0 Å². The Bertz CT molecular complexity index is 1020. The highest BCUT2D eigenvalue weighted by Gasteiger charge is 2.39. The quantitative estimate of drug-likeness (QED) is 0.228. The Balaban J connectivity index is 1.65. The van der Waals surface area contributed by atoms with Crippen molar-refractivity contribution in [3.8, 4) is 0 Å². The summed E-state index contributed by atoms with van der Waals surface area (Å²) in [5.41, 5.74) is 7.08. The number of hydrogen-bond acceptors (Lipinski definition) is 7. The third kappa shape index (κ3) is 5.71. The number of aliphatic hydroxyl groups is 2. The van der Waals surface area contributed by atoms with E-state index in [-0.39, 0.29) is 38.0 Å². The predicted octanol–water partition coefficient (Wildman–Crippen LogP) is -0.576. The van der Waals surface area contributed by atoms with Crippen LogP contribution in [0.1, 0.15) is 15.9 Å². The van der Waals surface area contributed by atoms with E-state index in [0.717, 1.165) is 0 Å². The molecule has 33 heavy (non-hydrogen) atoms. The summed E-state index contributed by atoms with van der Waals surface area (Å²) in [4.78, 5) is 38.7. The first kappa shape index (κ1) is 23.9. The molecule has 174 valence electrons. The third-order valence-corrected chi connectivity index (χ3v) is 4.98. The van der Waals surface area contributed by atoms with Gasteiger partial charge in [0.1, 0.15) is 5.84 Å². The van der Waals surface area contributed by atoms with Crippen LogP contribution in [0.25, 0.3) is 0 Å². The molecule has 11 heteroatoms. The van der Waals surface area contributed by atoms with Gasteiger partial charge in [0.05, 0.1) is 13.2 Å². The van der Waals surface area contributed by atoms with Crippen LogP contribution in [0.4, 0.5) is 11.4 Å². The lowest BCUT2D eigenvalue weighted by Gasteiger charge is -2.34. The van der Waals surface area contributed by atoms with Crippen molar-refractivity contribution in [3.05, 3.63) is 59.7 Å². The van der Waals surface area contributed by atoms with Crippen molar-refractivity contribution in [2.75, 3.05) is 36.5 Å². The van der Waals surface area contributed by atoms with Gasteiger partial charge in [0.2, 0.25) is 0 Å². The summed E-state index contributed by atoms with van der Waals surface area (Å²) in [6.45, 7) is 0.275. The van der Waals surface area contributed by atoms with Gasteiger partial charge in [-0.25, -0.2) is 0 Å². The minimum atomic E-state index is -1.75. The maximum absolute atomic E-state index is 12.9. The zero-order valence-electron chi connectivity index (χ0n) is 17.7. The van der Waals surface area contributed by atoms with Crippen molar-refractivity contribution in [1.29, 1.82) is 5.41 Å². The summed E-state index contributed by atoms with van der Waals surface area (Å²) in [7, 11) is 0. The molecule has 0 aliphatic carbocycles. The summed E-state index contributed by atoms with van der Waals surface area (Å²) in [5.74, 6) is -1.88. The highest BCUT2D eigenvalue weighted by Crippen LogP contribution is 2.22. The number of amides is 3. The van der Waals surface area contributed by atoms with Gasteiger partial charge in [-0.3, -0.25) is 19.8 Å². The van der Waals surface area contributed by atoms with Gasteiger partial charge in [0.15, 0.2) is 12.2 Å². The van der Waals surface area contributed by atoms with Gasteiger partial charge in [0, 0.05) is 35.6 Å². The lowest BCUT2D eigenvalue weighted by Crippen LogP contribution is -2.55. The zero-order valence-corrected chi connectivity index (χ0v) is 17.7. The number of ether oxygens (including phenoxy) is 1. The first-order valence-electron chi connectivity index (χ1n) is 10.2. The highest BCUT2D eigenvalue weighted by atomic mass is 16.5. The van der Waals surface area contributed by atoms with Gasteiger partial charge < -0.3 is 36.2 Å². The fraction of sp³-hybridized carbons (Fsp3) is 0.273. The molecule has 2 aromatic carbocycles. The number of anilines is 2. The summed E-state index contributed by atoms with van der Waals surface area (Å²) in [5, 5.41) is 31.7. The molecule has 0 saturated carbocycles. The van der Waals surface area contributed by atoms with Gasteiger partial charge >= 0.3 is 0 Å². The third-order valence-electron chi connectivity index (χ3n) is 4.98. The molecule has 0 unspecified atom stereocenters. The van der Waals surface area contributed by atoms with Crippen molar-refractivity contribution in [2.24, 2.45) is 5.73 Å². The SMILES string of the molecule is N=C(N)c1ccc(NC(=O)[C@H](O)[C@H]2OCCN(c3ccc(C(=O)NCCO)cc3)C2=O)cc1. The molecule has 1 aliphatic rings. The summed E-state index contributed by atoms with van der Waals surface area (Å²) in [6, 6.07) is 12.4. The first-order valence-corrected chi connectivity index (χ1v) is 10.2. The molecule has 3 amide bonds. The van der Waals surface area contributed by atoms with Crippen LogP contribution < -0.4 is 21.3 Å². The molecule has 0 radical (unpaired) electrons. The maximum Gasteiger partial charge on any atom is 0.259 e. The maximum atomic E-state index is 12.9. The van der Waals surface area contributed by atoms with Crippen molar-refractivity contribution in [2.45, 2.75) is 12.2 Å². The number of morpholine rings is 1. The van der Waals surface area contributed by atoms with E-state index in [4.69, 9.17) is 21.0 Å². The van der Waals surface area contributed by atoms with Gasteiger partial charge in [-0.15, -0.1) is 0 Å². The number of nitrogen functional groups attached to an aromatic ring is 1. The second-order valence-electron chi connectivity index (χ2n) is 7.23. The Labute approximate surface area is 189 Å². The number of nitrogens with one attached hydrogen (secondary N) is 3. The van der Waals surface area contributed by atoms with Gasteiger partial charge in [-0.2, -0.15) is 0 Å². The minimum Gasteiger partial charge on any atom is -0.395 e. The number of benzene rings is 2. The van der Waals surface area contributed by atoms with Crippen molar-refractivity contribution >= 4 is 34.9 Å². The fourth-order valence-corrected chi connectivity index (χ4v) is 3.24. The summed E-state index contributed by atoms with van der Waals surface area (Å²) in [6.07, 6.45) is -3.15. The van der Waals surface area contributed by atoms with Gasteiger partial charge in [-0.1, -0.05) is 0 Å². The van der Waals surface area contributed by atoms with Crippen LogP contribution in [-0.2, 0) is 14.3 Å². The second-order valence-corrected chi connectivity index (χ2v) is 7.23. The Morgan fingerprint density at radius 2 is 1.79 bits per heavy atom. The lowest BCUT2D eigenvalue weighted by molar-refractivity contribution is -0.150. The van der Waals surface area contributed by atoms with Crippen LogP contribution in [0.5, 0.6) is 0 Å². The molecule has 7 N–H and O–H groups in total. The molecule has 0 aromatic heterocycles. The van der Waals surface area contributed by atoms with Gasteiger partial charge in [-0.05, 0) is 48.5 Å². The van der Waals surface area contributed by atoms with E-state index in [1.165, 1.54) is 29.2 Å². The molecule has 0 bridgehead atoms. The van der Waals surface area contributed by atoms with Crippen molar-refractivity contribution < 1.29 is 29.3 Å². The predicted molar refractivity (Wildman–Crippen MR) is 120 cm³/mol. The lowest BCUT2D eigenvalue weighted by atomic mass is 10.1. The van der Waals surface area contributed by atoms with E-state index in [9.17, 15) is 19.5 Å². The van der Waals surface area contributed by atoms with Gasteiger partial charge in [0.25, 0.3) is 17.7 Å². The number of nitrogens with two attached hydrogens (primary N) is 1. The van der Waals surface area contributed by atoms with E-state index in [1.54, 1.807) is 24.3 Å². The van der Waals surface area contributed by atoms with Crippen LogP contribution in [0, 0.1) is 5.41 Å². The monoisotopic (exact) mass is 455 g/mol. The number of carbonyl (C=O) groups excluding carboxylic acids is 3. The molecule has 2 aromatic rings. The summed E-state index contributed by atoms with van der Waals surface area (Å²) < 4.78 is 5.38. The number of nitrogens with zero attached hydrogens (tertiary/aromatic N) is 1. The van der Waals surface area contributed by atoms with E-state index in [2.05, 4.69) is 10.6 Å². The van der Waals surface area contributed by atoms with Crippen LogP contribution >= 0.6 is 0 Å². The van der Waals surface area contributed by atoms with Crippen LogP contribution in [0.3, 0.4) is 0 Å². The Hall–Kier alpha value is -3.80. The van der Waals surface area contributed by atoms with E-state index >= 15 is 0 Å². The van der Waals surface area contributed by atoms with E-state index in [0.29, 0.717) is 22.5 Å². The molecule has 1 saturated heterocycles. The Morgan fingerprint density at radius 1 is 1.15 bits per heavy atom. The zero-order chi connectivity index (χ0) is 24.0. The largest absolute Gasteiger partial charge is 0.395 e. The molecular formula is C22H25N5O6. The highest BCUT2D eigenvalue weighted by molar-refractivity contribution is 6.04. The number of rotatable bonds is 8. The molecule has 2 atom stereocenters. The molecule has 3 rings (SSSR count). The molecule has 1 fully saturated rings. The van der Waals surface area contributed by atoms with Crippen molar-refractivity contribution in [3.63, 3.8) is 0 Å². The molecule has 0 spiro atoms. The average Bonchev–Trinajstić information content (AvgIpc) is 2.82. The Morgan fingerprint density at radius 3 is 2.39 bits per heavy atom. The average molecular weight is 455 g/mol. The second kappa shape index (κ2) is 10.7. The first-order chi connectivity index (χ1) is 15.8. The van der Waals surface area contributed by atoms with Crippen LogP contribution in [0.2, 0.25) is 0 Å². The standard InChI is InChI=1S/C22H25N5O6/c23-19(24)13-1-5-15(6-2-13)26-21(31)17(29)18-22(32)27(10-12-33-18)16-7-3-14(4-8-16)20(30)25-9-11-28/h1-8,17-18,28-29H,9-12H2,(H3,23,24)(H,25,30)(H,26,31)/t17-,18-/m1/s1. The van der Waals surface area contributed by atoms with E-state index in [1.807, 2.05) is 0 Å². The smallest absolute Gasteiger partial charge is 0.259 e.